The molecule has 0 spiro atoms. The fourth-order valence-corrected chi connectivity index (χ4v) is 3.92. The van der Waals surface area contributed by atoms with Crippen molar-refractivity contribution in [3.63, 3.8) is 0 Å². The molecule has 0 atom stereocenters. The number of nitrogens with one attached hydrogen (secondary N) is 1. The van der Waals surface area contributed by atoms with Crippen LogP contribution in [0.3, 0.4) is 0 Å². The molecule has 0 saturated carbocycles. The zero-order valence-electron chi connectivity index (χ0n) is 17.6. The van der Waals surface area contributed by atoms with Crippen molar-refractivity contribution in [2.24, 2.45) is 0 Å². The summed E-state index contributed by atoms with van der Waals surface area (Å²) >= 11 is 0.866. The van der Waals surface area contributed by atoms with Gasteiger partial charge in [0.2, 0.25) is 0 Å². The zero-order chi connectivity index (χ0) is 23.4. The van der Waals surface area contributed by atoms with Crippen molar-refractivity contribution in [1.82, 2.24) is 5.32 Å². The Kier molecular flexibility index (Phi) is 6.42. The van der Waals surface area contributed by atoms with Gasteiger partial charge in [0.1, 0.15) is 11.5 Å². The number of thioether (sulfide) groups is 1. The van der Waals surface area contributed by atoms with E-state index >= 15 is 0 Å². The maximum absolute atomic E-state index is 11.8. The normalized spacial score (nSPS) is 14.9. The molecule has 2 amide bonds. The molecule has 3 aromatic carbocycles. The van der Waals surface area contributed by atoms with Gasteiger partial charge in [-0.3, -0.25) is 14.9 Å². The van der Waals surface area contributed by atoms with Crippen molar-refractivity contribution in [3.05, 3.63) is 100.0 Å². The van der Waals surface area contributed by atoms with Crippen LogP contribution in [0.2, 0.25) is 0 Å². The van der Waals surface area contributed by atoms with E-state index in [1.807, 2.05) is 31.2 Å². The minimum absolute atomic E-state index is 0.192. The first-order valence-corrected chi connectivity index (χ1v) is 10.8. The highest BCUT2D eigenvalue weighted by molar-refractivity contribution is 8.18. The number of carbonyl (C=O) groups excluding carboxylic acids is 2. The van der Waals surface area contributed by atoms with E-state index in [4.69, 9.17) is 4.74 Å². The highest BCUT2D eigenvalue weighted by Gasteiger charge is 2.24. The summed E-state index contributed by atoms with van der Waals surface area (Å²) in [5.74, 6) is -0.270. The third-order valence-electron chi connectivity index (χ3n) is 4.80. The van der Waals surface area contributed by atoms with Crippen LogP contribution < -0.4 is 10.1 Å². The minimum Gasteiger partial charge on any atom is -0.478 e. The first-order chi connectivity index (χ1) is 15.9. The second kappa shape index (κ2) is 9.58. The van der Waals surface area contributed by atoms with Crippen LogP contribution in [0.5, 0.6) is 11.5 Å². The minimum atomic E-state index is -1.01. The van der Waals surface area contributed by atoms with Gasteiger partial charge in [-0.15, -0.1) is 0 Å². The number of ether oxygens (including phenoxy) is 1. The quantitative estimate of drug-likeness (QED) is 0.362. The van der Waals surface area contributed by atoms with Gasteiger partial charge in [-0.1, -0.05) is 54.1 Å². The van der Waals surface area contributed by atoms with Gasteiger partial charge in [-0.05, 0) is 71.8 Å². The van der Waals surface area contributed by atoms with E-state index in [2.05, 4.69) is 5.32 Å². The number of aryl methyl sites for hydroxylation is 1. The summed E-state index contributed by atoms with van der Waals surface area (Å²) in [6.07, 6.45) is 3.28. The molecule has 7 heteroatoms. The Bertz CT molecular complexity index is 1290. The van der Waals surface area contributed by atoms with Gasteiger partial charge < -0.3 is 9.84 Å². The molecule has 1 heterocycles. The molecule has 1 fully saturated rings. The molecule has 0 bridgehead atoms. The van der Waals surface area contributed by atoms with Gasteiger partial charge in [-0.25, -0.2) is 4.79 Å². The maximum atomic E-state index is 11.8. The molecule has 0 aliphatic carbocycles. The van der Waals surface area contributed by atoms with E-state index in [1.165, 1.54) is 0 Å². The lowest BCUT2D eigenvalue weighted by atomic mass is 10.0. The fourth-order valence-electron chi connectivity index (χ4n) is 3.24. The predicted molar refractivity (Wildman–Crippen MR) is 129 cm³/mol. The molecule has 0 radical (unpaired) electrons. The Morgan fingerprint density at radius 2 is 1.61 bits per heavy atom. The van der Waals surface area contributed by atoms with Crippen LogP contribution in [0.25, 0.3) is 17.7 Å². The first kappa shape index (κ1) is 22.1. The van der Waals surface area contributed by atoms with E-state index in [9.17, 15) is 19.5 Å². The van der Waals surface area contributed by atoms with Gasteiger partial charge in [0.05, 0.1) is 10.5 Å². The predicted octanol–water partition coefficient (Wildman–Crippen LogP) is 5.74. The van der Waals surface area contributed by atoms with E-state index in [-0.39, 0.29) is 10.8 Å². The van der Waals surface area contributed by atoms with E-state index < -0.39 is 11.9 Å². The number of rotatable bonds is 6. The van der Waals surface area contributed by atoms with Crippen LogP contribution in [0, 0.1) is 6.92 Å². The highest BCUT2D eigenvalue weighted by atomic mass is 32.2. The fraction of sp³-hybridized carbons (Fsp3) is 0.0385. The van der Waals surface area contributed by atoms with Crippen LogP contribution in [-0.2, 0) is 9.59 Å². The van der Waals surface area contributed by atoms with Crippen LogP contribution >= 0.6 is 11.8 Å². The summed E-state index contributed by atoms with van der Waals surface area (Å²) in [5, 5.41) is 11.5. The molecule has 1 aliphatic heterocycles. The number of carbonyl (C=O) groups is 3. The van der Waals surface area contributed by atoms with Crippen molar-refractivity contribution >= 4 is 46.6 Å². The van der Waals surface area contributed by atoms with Crippen LogP contribution in [0.4, 0.5) is 4.79 Å². The average Bonchev–Trinajstić information content (AvgIpc) is 3.10. The summed E-state index contributed by atoms with van der Waals surface area (Å²) in [7, 11) is 0. The number of hydrogen-bond donors (Lipinski definition) is 2. The summed E-state index contributed by atoms with van der Waals surface area (Å²) in [6, 6.07) is 21.5. The Morgan fingerprint density at radius 3 is 2.18 bits per heavy atom. The van der Waals surface area contributed by atoms with E-state index in [0.29, 0.717) is 22.0 Å². The van der Waals surface area contributed by atoms with Gasteiger partial charge in [0, 0.05) is 0 Å². The number of hydrogen-bond acceptors (Lipinski definition) is 5. The summed E-state index contributed by atoms with van der Waals surface area (Å²) < 4.78 is 5.84. The van der Waals surface area contributed by atoms with Crippen molar-refractivity contribution in [1.29, 1.82) is 0 Å². The number of carboxylic acid groups (broad SMARTS) is 1. The molecule has 0 unspecified atom stereocenters. The molecule has 33 heavy (non-hydrogen) atoms. The van der Waals surface area contributed by atoms with Crippen molar-refractivity contribution < 1.29 is 24.2 Å². The molecule has 4 rings (SSSR count). The zero-order valence-corrected chi connectivity index (χ0v) is 18.4. The Hall–Kier alpha value is -4.10. The Balaban J connectivity index is 1.48. The van der Waals surface area contributed by atoms with Gasteiger partial charge in [0.25, 0.3) is 11.1 Å². The highest BCUT2D eigenvalue weighted by Crippen LogP contribution is 2.28. The van der Waals surface area contributed by atoms with Crippen molar-refractivity contribution in [2.45, 2.75) is 6.92 Å². The molecule has 1 aliphatic rings. The largest absolute Gasteiger partial charge is 0.478 e. The summed E-state index contributed by atoms with van der Waals surface area (Å²) in [4.78, 5) is 35.1. The molecular formula is C26H19NO5S. The number of aliphatic carboxylic acids is 1. The van der Waals surface area contributed by atoms with Crippen LogP contribution in [-0.4, -0.2) is 22.2 Å². The second-order valence-electron chi connectivity index (χ2n) is 7.33. The third-order valence-corrected chi connectivity index (χ3v) is 5.62. The maximum Gasteiger partial charge on any atom is 0.336 e. The lowest BCUT2D eigenvalue weighted by molar-refractivity contribution is -0.130. The third kappa shape index (κ3) is 5.58. The molecule has 6 nitrogen and oxygen atoms in total. The molecule has 0 aromatic heterocycles. The topological polar surface area (TPSA) is 92.7 Å². The summed E-state index contributed by atoms with van der Waals surface area (Å²) in [6.45, 7) is 1.96. The molecule has 2 N–H and O–H groups in total. The SMILES string of the molecule is Cc1cccc(/C=C(/C(=O)O)c2ccc(Oc3ccc(/C=C4\SC(=O)NC4=O)cc3)cc2)c1. The van der Waals surface area contributed by atoms with Crippen LogP contribution in [0.1, 0.15) is 22.3 Å². The lowest BCUT2D eigenvalue weighted by Gasteiger charge is -2.08. The van der Waals surface area contributed by atoms with Gasteiger partial charge in [-0.2, -0.15) is 0 Å². The van der Waals surface area contributed by atoms with E-state index in [1.54, 1.807) is 60.7 Å². The Labute approximate surface area is 194 Å². The van der Waals surface area contributed by atoms with Gasteiger partial charge in [0.15, 0.2) is 0 Å². The van der Waals surface area contributed by atoms with Crippen molar-refractivity contribution in [2.75, 3.05) is 0 Å². The standard InChI is InChI=1S/C26H19NO5S/c1-16-3-2-4-18(13-16)14-22(25(29)30)19-7-11-21(12-8-19)32-20-9-5-17(6-10-20)15-23-24(28)27-26(31)33-23/h2-15H,1H3,(H,29,30)(H,27,28,31)/b22-14+,23-15-. The number of imide groups is 1. The second-order valence-corrected chi connectivity index (χ2v) is 8.34. The lowest BCUT2D eigenvalue weighted by Crippen LogP contribution is -2.17. The number of carboxylic acids is 1. The average molecular weight is 458 g/mol. The molecule has 1 saturated heterocycles. The number of benzene rings is 3. The van der Waals surface area contributed by atoms with Crippen LogP contribution in [0.15, 0.2) is 77.7 Å². The number of amides is 2. The smallest absolute Gasteiger partial charge is 0.336 e. The first-order valence-electron chi connectivity index (χ1n) is 10.0. The van der Waals surface area contributed by atoms with Crippen molar-refractivity contribution in [3.8, 4) is 11.5 Å². The monoisotopic (exact) mass is 457 g/mol. The van der Waals surface area contributed by atoms with Gasteiger partial charge >= 0.3 is 5.97 Å². The summed E-state index contributed by atoms with van der Waals surface area (Å²) in [5.41, 5.74) is 3.40. The molecular weight excluding hydrogens is 438 g/mol. The molecule has 3 aromatic rings. The molecule has 164 valence electrons. The Morgan fingerprint density at radius 1 is 0.939 bits per heavy atom. The van der Waals surface area contributed by atoms with E-state index in [0.717, 1.165) is 28.5 Å².